The van der Waals surface area contributed by atoms with Gasteiger partial charge in [0.05, 0.1) is 23.2 Å². The fraction of sp³-hybridized carbons (Fsp3) is 0.720. The lowest BCUT2D eigenvalue weighted by molar-refractivity contribution is -0.199. The summed E-state index contributed by atoms with van der Waals surface area (Å²) in [6, 6.07) is 9.93. The Balaban J connectivity index is 1.47. The summed E-state index contributed by atoms with van der Waals surface area (Å²) in [5.41, 5.74) is 6.55. The molecule has 31 heavy (non-hydrogen) atoms. The molecule has 3 saturated carbocycles. The van der Waals surface area contributed by atoms with Crippen LogP contribution in [0.15, 0.2) is 30.3 Å². The Bertz CT molecular complexity index is 812. The Morgan fingerprint density at radius 2 is 1.94 bits per heavy atom. The highest BCUT2D eigenvalue weighted by Crippen LogP contribution is 2.65. The van der Waals surface area contributed by atoms with Crippen LogP contribution in [0.25, 0.3) is 0 Å². The molecule has 1 aromatic rings. The van der Waals surface area contributed by atoms with Gasteiger partial charge in [0.2, 0.25) is 5.91 Å². The lowest BCUT2D eigenvalue weighted by Gasteiger charge is -2.64. The zero-order valence-corrected chi connectivity index (χ0v) is 20.0. The Morgan fingerprint density at radius 1 is 1.26 bits per heavy atom. The highest BCUT2D eigenvalue weighted by molar-refractivity contribution is 6.48. The molecule has 5 rings (SSSR count). The minimum atomic E-state index is -1.00. The monoisotopic (exact) mass is 426 g/mol. The van der Waals surface area contributed by atoms with Crippen LogP contribution in [0.2, 0.25) is 0 Å². The second-order valence-corrected chi connectivity index (χ2v) is 11.6. The number of hydrogen-bond acceptors (Lipinski definition) is 4. The van der Waals surface area contributed by atoms with Gasteiger partial charge in [-0.25, -0.2) is 0 Å². The van der Waals surface area contributed by atoms with E-state index in [2.05, 4.69) is 39.9 Å². The van der Waals surface area contributed by atoms with Gasteiger partial charge >= 0.3 is 7.12 Å². The molecular formula is C25H39BN2O3. The van der Waals surface area contributed by atoms with E-state index in [1.54, 1.807) is 6.92 Å². The summed E-state index contributed by atoms with van der Waals surface area (Å²) in [5, 5.41) is 3.21. The van der Waals surface area contributed by atoms with Gasteiger partial charge in [0.25, 0.3) is 0 Å². The minimum absolute atomic E-state index is 0.106. The average molecular weight is 426 g/mol. The van der Waals surface area contributed by atoms with E-state index in [1.165, 1.54) is 6.42 Å². The lowest BCUT2D eigenvalue weighted by Crippen LogP contribution is -2.65. The number of hydrogen-bond donors (Lipinski definition) is 2. The van der Waals surface area contributed by atoms with Crippen LogP contribution in [0, 0.1) is 23.2 Å². The first-order valence-electron chi connectivity index (χ1n) is 11.9. The molecule has 6 heteroatoms. The van der Waals surface area contributed by atoms with Crippen LogP contribution in [0.4, 0.5) is 0 Å². The molecule has 1 amide bonds. The van der Waals surface area contributed by atoms with Crippen molar-refractivity contribution in [1.82, 2.24) is 5.32 Å². The van der Waals surface area contributed by atoms with Crippen LogP contribution in [-0.4, -0.2) is 36.2 Å². The van der Waals surface area contributed by atoms with Crippen molar-refractivity contribution >= 4 is 13.0 Å². The summed E-state index contributed by atoms with van der Waals surface area (Å²) in [4.78, 5) is 13.2. The predicted molar refractivity (Wildman–Crippen MR) is 124 cm³/mol. The molecule has 0 unspecified atom stereocenters. The van der Waals surface area contributed by atoms with E-state index >= 15 is 0 Å². The maximum Gasteiger partial charge on any atom is 0.481 e. The Kier molecular flexibility index (Phi) is 5.81. The van der Waals surface area contributed by atoms with Crippen LogP contribution in [0.3, 0.4) is 0 Å². The van der Waals surface area contributed by atoms with Gasteiger partial charge in [-0.05, 0) is 68.3 Å². The summed E-state index contributed by atoms with van der Waals surface area (Å²) in [5.74, 6) is 1.24. The summed E-state index contributed by atoms with van der Waals surface area (Å²) in [7, 11) is -0.427. The van der Waals surface area contributed by atoms with Gasteiger partial charge in [-0.3, -0.25) is 4.79 Å². The predicted octanol–water partition coefficient (Wildman–Crippen LogP) is 3.74. The van der Waals surface area contributed by atoms with Crippen LogP contribution in [0.1, 0.15) is 66.4 Å². The van der Waals surface area contributed by atoms with Crippen molar-refractivity contribution < 1.29 is 14.1 Å². The molecule has 2 bridgehead atoms. The highest BCUT2D eigenvalue weighted by atomic mass is 16.7. The van der Waals surface area contributed by atoms with E-state index in [-0.39, 0.29) is 23.6 Å². The number of rotatable bonds is 7. The lowest BCUT2D eigenvalue weighted by atomic mass is 9.43. The van der Waals surface area contributed by atoms with Crippen LogP contribution < -0.4 is 11.1 Å². The molecular weight excluding hydrogens is 387 g/mol. The molecule has 1 heterocycles. The number of carbonyl (C=O) groups is 1. The van der Waals surface area contributed by atoms with Crippen molar-refractivity contribution in [2.45, 2.75) is 90.4 Å². The van der Waals surface area contributed by atoms with Crippen molar-refractivity contribution in [1.29, 1.82) is 0 Å². The maximum atomic E-state index is 13.2. The maximum absolute atomic E-state index is 13.2. The standard InChI is InChI=1S/C25H39BN2O3/c1-16(2)12-21(28-22(29)24(5,27)15-17-10-8-7-9-11-17)26-30-20-14-18-13-19(23(18,3)4)25(20,6)31-26/h7-11,16,18-21H,12-15,27H2,1-6H3,(H,28,29)/t18-,19-,20+,21-,24+,25-/m0/s1. The smallest absolute Gasteiger partial charge is 0.404 e. The SMILES string of the molecule is CC(C)C[C@H](NC(=O)[C@](C)(N)Cc1ccccc1)B1O[C@@H]2C[C@@H]3C[C@@H](C3(C)C)[C@]2(C)O1. The second kappa shape index (κ2) is 7.89. The van der Waals surface area contributed by atoms with Gasteiger partial charge in [-0.1, -0.05) is 58.0 Å². The first-order chi connectivity index (χ1) is 14.4. The largest absolute Gasteiger partial charge is 0.481 e. The average Bonchev–Trinajstić information content (AvgIpc) is 3.04. The Morgan fingerprint density at radius 3 is 2.55 bits per heavy atom. The summed E-state index contributed by atoms with van der Waals surface area (Å²) >= 11 is 0. The van der Waals surface area contributed by atoms with Crippen molar-refractivity contribution in [3.05, 3.63) is 35.9 Å². The molecule has 0 aromatic heterocycles. The number of nitrogens with two attached hydrogens (primary N) is 1. The van der Waals surface area contributed by atoms with Crippen molar-refractivity contribution in [3.63, 3.8) is 0 Å². The van der Waals surface area contributed by atoms with Crippen LogP contribution >= 0.6 is 0 Å². The topological polar surface area (TPSA) is 73.6 Å². The number of carbonyl (C=O) groups excluding carboxylic acids is 1. The van der Waals surface area contributed by atoms with Crippen LogP contribution in [-0.2, 0) is 20.5 Å². The first kappa shape index (κ1) is 22.8. The molecule has 3 aliphatic carbocycles. The zero-order chi connectivity index (χ0) is 22.6. The van der Waals surface area contributed by atoms with E-state index in [9.17, 15) is 4.79 Å². The normalized spacial score (nSPS) is 33.9. The van der Waals surface area contributed by atoms with Crippen LogP contribution in [0.5, 0.6) is 0 Å². The summed E-state index contributed by atoms with van der Waals surface area (Å²) in [6.45, 7) is 13.1. The number of amides is 1. The Hall–Kier alpha value is -1.37. The molecule has 5 nitrogen and oxygen atoms in total. The third-order valence-corrected chi connectivity index (χ3v) is 8.27. The molecule has 1 aliphatic heterocycles. The Labute approximate surface area is 188 Å². The minimum Gasteiger partial charge on any atom is -0.404 e. The fourth-order valence-electron chi connectivity index (χ4n) is 6.25. The molecule has 170 valence electrons. The third-order valence-electron chi connectivity index (χ3n) is 8.27. The quantitative estimate of drug-likeness (QED) is 0.652. The van der Waals surface area contributed by atoms with Crippen molar-refractivity contribution in [2.75, 3.05) is 0 Å². The van der Waals surface area contributed by atoms with Gasteiger partial charge in [0.1, 0.15) is 0 Å². The summed E-state index contributed by atoms with van der Waals surface area (Å²) < 4.78 is 13.1. The molecule has 1 aromatic carbocycles. The molecule has 4 aliphatic rings. The second-order valence-electron chi connectivity index (χ2n) is 11.6. The zero-order valence-electron chi connectivity index (χ0n) is 20.0. The van der Waals surface area contributed by atoms with E-state index < -0.39 is 12.7 Å². The van der Waals surface area contributed by atoms with E-state index in [0.717, 1.165) is 18.4 Å². The van der Waals surface area contributed by atoms with Gasteiger partial charge in [0.15, 0.2) is 0 Å². The molecule has 1 saturated heterocycles. The van der Waals surface area contributed by atoms with E-state index in [1.807, 2.05) is 30.3 Å². The van der Waals surface area contributed by atoms with E-state index in [0.29, 0.717) is 29.6 Å². The van der Waals surface area contributed by atoms with Crippen molar-refractivity contribution in [2.24, 2.45) is 28.9 Å². The van der Waals surface area contributed by atoms with Gasteiger partial charge in [0, 0.05) is 0 Å². The molecule has 0 radical (unpaired) electrons. The van der Waals surface area contributed by atoms with Crippen molar-refractivity contribution in [3.8, 4) is 0 Å². The third kappa shape index (κ3) is 4.07. The molecule has 4 fully saturated rings. The summed E-state index contributed by atoms with van der Waals surface area (Å²) in [6.07, 6.45) is 3.64. The van der Waals surface area contributed by atoms with Gasteiger partial charge in [-0.15, -0.1) is 0 Å². The number of nitrogens with one attached hydrogen (secondary N) is 1. The first-order valence-corrected chi connectivity index (χ1v) is 11.9. The molecule has 0 spiro atoms. The highest BCUT2D eigenvalue weighted by Gasteiger charge is 2.68. The number of benzene rings is 1. The molecule has 3 N–H and O–H groups in total. The van der Waals surface area contributed by atoms with Gasteiger partial charge < -0.3 is 20.4 Å². The van der Waals surface area contributed by atoms with Gasteiger partial charge in [-0.2, -0.15) is 0 Å². The molecule has 6 atom stereocenters. The van der Waals surface area contributed by atoms with E-state index in [4.69, 9.17) is 15.0 Å². The fourth-order valence-corrected chi connectivity index (χ4v) is 6.25.